The van der Waals surface area contributed by atoms with Gasteiger partial charge in [-0.15, -0.1) is 0 Å². The molecule has 0 aromatic heterocycles. The van der Waals surface area contributed by atoms with E-state index in [1.807, 2.05) is 6.92 Å². The second-order valence-corrected chi connectivity index (χ2v) is 5.09. The summed E-state index contributed by atoms with van der Waals surface area (Å²) >= 11 is 0. The predicted octanol–water partition coefficient (Wildman–Crippen LogP) is 2.40. The Balaban J connectivity index is 1.91. The van der Waals surface area contributed by atoms with E-state index in [0.717, 1.165) is 0 Å². The number of methoxy groups -OCH3 is 1. The Morgan fingerprint density at radius 3 is 2.54 bits per heavy atom. The quantitative estimate of drug-likeness (QED) is 0.446. The van der Waals surface area contributed by atoms with Crippen molar-refractivity contribution < 1.29 is 23.8 Å². The molecule has 0 aliphatic rings. The molecule has 0 saturated carbocycles. The molecule has 0 saturated heterocycles. The lowest BCUT2D eigenvalue weighted by atomic mass is 10.2. The molecule has 0 fully saturated rings. The number of benzene rings is 2. The number of hydrogen-bond acceptors (Lipinski definition) is 6. The summed E-state index contributed by atoms with van der Waals surface area (Å²) in [7, 11) is 1.29. The molecule has 2 rings (SSSR count). The maximum atomic E-state index is 12.0. The number of esters is 1. The Morgan fingerprint density at radius 1 is 1.08 bits per heavy atom. The van der Waals surface area contributed by atoms with E-state index in [9.17, 15) is 9.59 Å². The molecule has 0 unspecified atom stereocenters. The zero-order valence-electron chi connectivity index (χ0n) is 14.6. The van der Waals surface area contributed by atoms with Crippen molar-refractivity contribution >= 4 is 18.1 Å². The lowest BCUT2D eigenvalue weighted by molar-refractivity contribution is -0.142. The van der Waals surface area contributed by atoms with Gasteiger partial charge in [0.05, 0.1) is 19.9 Å². The highest BCUT2D eigenvalue weighted by molar-refractivity contribution is 5.95. The molecule has 0 atom stereocenters. The van der Waals surface area contributed by atoms with Crippen molar-refractivity contribution in [2.45, 2.75) is 6.92 Å². The summed E-state index contributed by atoms with van der Waals surface area (Å²) in [4.78, 5) is 23.1. The van der Waals surface area contributed by atoms with Crippen LogP contribution in [0.25, 0.3) is 0 Å². The molecule has 0 aliphatic heterocycles. The number of nitrogens with zero attached hydrogens (tertiary/aromatic N) is 1. The van der Waals surface area contributed by atoms with E-state index in [1.54, 1.807) is 48.5 Å². The molecule has 7 heteroatoms. The van der Waals surface area contributed by atoms with Crippen LogP contribution in [0.4, 0.5) is 0 Å². The molecule has 26 heavy (non-hydrogen) atoms. The highest BCUT2D eigenvalue weighted by atomic mass is 16.6. The van der Waals surface area contributed by atoms with E-state index in [-0.39, 0.29) is 12.5 Å². The van der Waals surface area contributed by atoms with Crippen molar-refractivity contribution in [2.75, 3.05) is 20.3 Å². The number of amides is 1. The maximum absolute atomic E-state index is 12.0. The Labute approximate surface area is 151 Å². The predicted molar refractivity (Wildman–Crippen MR) is 96.6 cm³/mol. The first-order valence-electron chi connectivity index (χ1n) is 7.98. The van der Waals surface area contributed by atoms with Gasteiger partial charge >= 0.3 is 5.97 Å². The zero-order valence-corrected chi connectivity index (χ0v) is 14.6. The molecule has 0 spiro atoms. The van der Waals surface area contributed by atoms with E-state index in [2.05, 4.69) is 15.3 Å². The van der Waals surface area contributed by atoms with Crippen LogP contribution >= 0.6 is 0 Å². The molecule has 1 amide bonds. The Hall–Kier alpha value is -3.35. The van der Waals surface area contributed by atoms with Gasteiger partial charge in [-0.3, -0.25) is 4.79 Å². The second-order valence-electron chi connectivity index (χ2n) is 5.09. The van der Waals surface area contributed by atoms with Crippen molar-refractivity contribution in [3.8, 4) is 11.5 Å². The fourth-order valence-corrected chi connectivity index (χ4v) is 1.99. The van der Waals surface area contributed by atoms with Gasteiger partial charge in [-0.25, -0.2) is 10.2 Å². The van der Waals surface area contributed by atoms with Gasteiger partial charge < -0.3 is 14.2 Å². The summed E-state index contributed by atoms with van der Waals surface area (Å²) in [6.07, 6.45) is 1.48. The van der Waals surface area contributed by atoms with Gasteiger partial charge in [-0.05, 0) is 48.9 Å². The van der Waals surface area contributed by atoms with Crippen molar-refractivity contribution in [2.24, 2.45) is 5.10 Å². The average Bonchev–Trinajstić information content (AvgIpc) is 2.67. The average molecular weight is 356 g/mol. The largest absolute Gasteiger partial charge is 0.494 e. The standard InChI is InChI=1S/C19H20N2O5/c1-3-25-16-9-7-15(8-10-16)19(23)21-20-12-14-5-4-6-17(11-14)26-13-18(22)24-2/h4-12H,3,13H2,1-2H3,(H,21,23)/b20-12-. The van der Waals surface area contributed by atoms with Crippen LogP contribution in [0.2, 0.25) is 0 Å². The molecule has 2 aromatic carbocycles. The normalized spacial score (nSPS) is 10.4. The summed E-state index contributed by atoms with van der Waals surface area (Å²) in [6.45, 7) is 2.29. The van der Waals surface area contributed by atoms with Gasteiger partial charge in [0.2, 0.25) is 0 Å². The summed E-state index contributed by atoms with van der Waals surface area (Å²) in [5.74, 6) is 0.405. The molecule has 0 aliphatic carbocycles. The van der Waals surface area contributed by atoms with Crippen molar-refractivity contribution in [3.05, 3.63) is 59.7 Å². The fraction of sp³-hybridized carbons (Fsp3) is 0.211. The minimum atomic E-state index is -0.466. The Kier molecular flexibility index (Phi) is 7.17. The van der Waals surface area contributed by atoms with Crippen LogP contribution in [-0.4, -0.2) is 38.4 Å². The summed E-state index contributed by atoms with van der Waals surface area (Å²) < 4.78 is 15.1. The van der Waals surface area contributed by atoms with Crippen LogP contribution in [-0.2, 0) is 9.53 Å². The van der Waals surface area contributed by atoms with Crippen LogP contribution < -0.4 is 14.9 Å². The minimum absolute atomic E-state index is 0.175. The van der Waals surface area contributed by atoms with E-state index < -0.39 is 5.97 Å². The molecule has 7 nitrogen and oxygen atoms in total. The molecule has 136 valence electrons. The maximum Gasteiger partial charge on any atom is 0.343 e. The lowest BCUT2D eigenvalue weighted by Gasteiger charge is -2.05. The third-order valence-electron chi connectivity index (χ3n) is 3.25. The van der Waals surface area contributed by atoms with Crippen molar-refractivity contribution in [1.29, 1.82) is 0 Å². The number of nitrogens with one attached hydrogen (secondary N) is 1. The first-order valence-corrected chi connectivity index (χ1v) is 7.98. The van der Waals surface area contributed by atoms with Gasteiger partial charge in [0, 0.05) is 5.56 Å². The zero-order chi connectivity index (χ0) is 18.8. The monoisotopic (exact) mass is 356 g/mol. The van der Waals surface area contributed by atoms with E-state index in [1.165, 1.54) is 13.3 Å². The highest BCUT2D eigenvalue weighted by Gasteiger charge is 2.04. The Morgan fingerprint density at radius 2 is 1.85 bits per heavy atom. The molecule has 0 heterocycles. The van der Waals surface area contributed by atoms with Gasteiger partial charge in [0.25, 0.3) is 5.91 Å². The molecule has 1 N–H and O–H groups in total. The summed E-state index contributed by atoms with van der Waals surface area (Å²) in [6, 6.07) is 13.7. The van der Waals surface area contributed by atoms with E-state index >= 15 is 0 Å². The number of rotatable bonds is 8. The minimum Gasteiger partial charge on any atom is -0.494 e. The van der Waals surface area contributed by atoms with Gasteiger partial charge in [-0.1, -0.05) is 12.1 Å². The van der Waals surface area contributed by atoms with Gasteiger partial charge in [-0.2, -0.15) is 5.10 Å². The van der Waals surface area contributed by atoms with Crippen LogP contribution in [0.1, 0.15) is 22.8 Å². The number of carbonyl (C=O) groups is 2. The third-order valence-corrected chi connectivity index (χ3v) is 3.25. The lowest BCUT2D eigenvalue weighted by Crippen LogP contribution is -2.17. The summed E-state index contributed by atoms with van der Waals surface area (Å²) in [5.41, 5.74) is 3.63. The fourth-order valence-electron chi connectivity index (χ4n) is 1.99. The van der Waals surface area contributed by atoms with E-state index in [4.69, 9.17) is 9.47 Å². The number of hydrazone groups is 1. The van der Waals surface area contributed by atoms with Crippen LogP contribution in [0.3, 0.4) is 0 Å². The topological polar surface area (TPSA) is 86.2 Å². The molecular weight excluding hydrogens is 336 g/mol. The smallest absolute Gasteiger partial charge is 0.343 e. The number of hydrogen-bond donors (Lipinski definition) is 1. The van der Waals surface area contributed by atoms with Crippen LogP contribution in [0, 0.1) is 0 Å². The SMILES string of the molecule is CCOc1ccc(C(=O)N/N=C\c2cccc(OCC(=O)OC)c2)cc1. The highest BCUT2D eigenvalue weighted by Crippen LogP contribution is 2.13. The second kappa shape index (κ2) is 9.83. The third kappa shape index (κ3) is 5.94. The first kappa shape index (κ1) is 19.0. The Bertz CT molecular complexity index is 772. The van der Waals surface area contributed by atoms with Crippen LogP contribution in [0.5, 0.6) is 11.5 Å². The molecule has 0 radical (unpaired) electrons. The van der Waals surface area contributed by atoms with Crippen molar-refractivity contribution in [3.63, 3.8) is 0 Å². The molecular formula is C19H20N2O5. The number of carbonyl (C=O) groups excluding carboxylic acids is 2. The van der Waals surface area contributed by atoms with Gasteiger partial charge in [0.15, 0.2) is 6.61 Å². The molecule has 2 aromatic rings. The first-order chi connectivity index (χ1) is 12.6. The van der Waals surface area contributed by atoms with E-state index in [0.29, 0.717) is 29.2 Å². The van der Waals surface area contributed by atoms with Crippen LogP contribution in [0.15, 0.2) is 53.6 Å². The molecule has 0 bridgehead atoms. The van der Waals surface area contributed by atoms with Gasteiger partial charge in [0.1, 0.15) is 11.5 Å². The van der Waals surface area contributed by atoms with Crippen molar-refractivity contribution in [1.82, 2.24) is 5.43 Å². The summed E-state index contributed by atoms with van der Waals surface area (Å²) in [5, 5.41) is 3.93. The number of ether oxygens (including phenoxy) is 3.